The van der Waals surface area contributed by atoms with Gasteiger partial charge in [0.1, 0.15) is 0 Å². The Labute approximate surface area is 464 Å². The van der Waals surface area contributed by atoms with Crippen molar-refractivity contribution in [3.8, 4) is 77.9 Å². The topological polar surface area (TPSA) is 0 Å². The lowest BCUT2D eigenvalue weighted by atomic mass is 9.78. The predicted molar refractivity (Wildman–Crippen MR) is 335 cm³/mol. The van der Waals surface area contributed by atoms with Crippen LogP contribution in [0, 0.1) is 0 Å². The lowest BCUT2D eigenvalue weighted by Gasteiger charge is -2.25. The molecule has 0 heteroatoms. The van der Waals surface area contributed by atoms with Crippen LogP contribution in [0.3, 0.4) is 0 Å². The van der Waals surface area contributed by atoms with Crippen LogP contribution in [0.1, 0.15) is 125 Å². The Morgan fingerprint density at radius 2 is 0.456 bits per heavy atom. The van der Waals surface area contributed by atoms with Crippen molar-refractivity contribution in [2.45, 2.75) is 96.3 Å². The molecule has 0 unspecified atom stereocenters. The Morgan fingerprint density at radius 3 is 0.861 bits per heavy atom. The number of hydrogen-bond donors (Lipinski definition) is 0. The van der Waals surface area contributed by atoms with Crippen molar-refractivity contribution in [2.75, 3.05) is 0 Å². The van der Waals surface area contributed by atoms with Gasteiger partial charge in [0.15, 0.2) is 0 Å². The average molecular weight is 1010 g/mol. The summed E-state index contributed by atoms with van der Waals surface area (Å²) in [5.41, 5.74) is 32.5. The van der Waals surface area contributed by atoms with Crippen LogP contribution in [0.5, 0.6) is 0 Å². The average Bonchev–Trinajstić information content (AvgIpc) is 4.31. The van der Waals surface area contributed by atoms with Gasteiger partial charge in [0.2, 0.25) is 0 Å². The van der Waals surface area contributed by atoms with Crippen LogP contribution in [0.25, 0.3) is 121 Å². The molecule has 0 fully saturated rings. The number of fused-ring (bicyclic) bond motifs is 21. The van der Waals surface area contributed by atoms with Crippen molar-refractivity contribution in [3.05, 3.63) is 250 Å². The third kappa shape index (κ3) is 5.56. The molecule has 0 aromatic heterocycles. The van der Waals surface area contributed by atoms with Gasteiger partial charge in [0, 0.05) is 27.1 Å². The first kappa shape index (κ1) is 45.7. The SMILES string of the molecule is CC1(C)c2cc3c(cc2-c2cc4c(cc21)-c1c(cc(-c2cccc5c2-c2cc6ccccc6cc2C5(C)C)c2ccccc12)C4(C)C)C(C)(C)c1cc(-c2cccc4c2-c2cc5ccccc5cc2C4(C)C)c2ccccc2c1-3. The third-order valence-electron chi connectivity index (χ3n) is 21.0. The molecule has 0 amide bonds. The summed E-state index contributed by atoms with van der Waals surface area (Å²) in [4.78, 5) is 0. The fourth-order valence-corrected chi connectivity index (χ4v) is 16.7. The lowest BCUT2D eigenvalue weighted by molar-refractivity contribution is 0.649. The number of hydrogen-bond acceptors (Lipinski definition) is 0. The van der Waals surface area contributed by atoms with Gasteiger partial charge >= 0.3 is 0 Å². The largest absolute Gasteiger partial charge is 0.0616 e. The summed E-state index contributed by atoms with van der Waals surface area (Å²) in [6.45, 7) is 24.6. The van der Waals surface area contributed by atoms with Crippen LogP contribution >= 0.6 is 0 Å². The Bertz CT molecular complexity index is 4540. The standard InChI is InChI=1S/C79H62/c1-75(2)61-31-19-29-51(71(61)57-33-43-21-11-13-23-45(43)35-63(57)75)53-37-69-73(49-27-17-15-25-47(49)53)59-41-65-55(39-67(59)78(69,7)8)56-40-68-60(42-66(56)77(65,5)6)74-50-28-18-16-26-48(50)54(38-70(74)79(68,9)10)52-30-20-32-62-72(52)58-34-44-22-12-14-24-46(44)36-64(58)76(62,3)4/h11-42H,1-10H3. The minimum absolute atomic E-state index is 0.116. The van der Waals surface area contributed by atoms with Gasteiger partial charge in [-0.2, -0.15) is 0 Å². The molecular formula is C79H62. The molecule has 378 valence electrons. The minimum Gasteiger partial charge on any atom is -0.0616 e. The molecule has 0 heterocycles. The Balaban J connectivity index is 0.825. The zero-order chi connectivity index (χ0) is 53.6. The molecule has 0 saturated carbocycles. The monoisotopic (exact) mass is 1010 g/mol. The number of rotatable bonds is 2. The van der Waals surface area contributed by atoms with E-state index in [1.807, 2.05) is 0 Å². The zero-order valence-corrected chi connectivity index (χ0v) is 47.0. The lowest BCUT2D eigenvalue weighted by Crippen LogP contribution is -2.17. The maximum atomic E-state index is 2.63. The van der Waals surface area contributed by atoms with Gasteiger partial charge in [-0.05, 0) is 237 Å². The summed E-state index contributed by atoms with van der Waals surface area (Å²) in [6.07, 6.45) is 0. The summed E-state index contributed by atoms with van der Waals surface area (Å²) in [7, 11) is 0. The molecule has 5 aliphatic rings. The summed E-state index contributed by atoms with van der Waals surface area (Å²) < 4.78 is 0. The van der Waals surface area contributed by atoms with Crippen LogP contribution in [-0.4, -0.2) is 0 Å². The quantitative estimate of drug-likeness (QED) is 0.162. The van der Waals surface area contributed by atoms with Gasteiger partial charge in [0.25, 0.3) is 0 Å². The molecular weight excluding hydrogens is 949 g/mol. The highest BCUT2D eigenvalue weighted by Gasteiger charge is 2.47. The number of benzene rings is 12. The highest BCUT2D eigenvalue weighted by Crippen LogP contribution is 2.63. The first-order valence-corrected chi connectivity index (χ1v) is 28.8. The first-order valence-electron chi connectivity index (χ1n) is 28.8. The highest BCUT2D eigenvalue weighted by atomic mass is 14.5. The molecule has 0 nitrogen and oxygen atoms in total. The van der Waals surface area contributed by atoms with E-state index in [0.29, 0.717) is 0 Å². The highest BCUT2D eigenvalue weighted by molar-refractivity contribution is 6.14. The van der Waals surface area contributed by atoms with E-state index in [2.05, 4.69) is 263 Å². The van der Waals surface area contributed by atoms with Crippen molar-refractivity contribution >= 4 is 43.1 Å². The van der Waals surface area contributed by atoms with Crippen LogP contribution in [-0.2, 0) is 27.1 Å². The molecule has 0 aliphatic heterocycles. The molecule has 0 bridgehead atoms. The van der Waals surface area contributed by atoms with Gasteiger partial charge in [0.05, 0.1) is 0 Å². The van der Waals surface area contributed by atoms with Crippen LogP contribution in [0.4, 0.5) is 0 Å². The Kier molecular flexibility index (Phi) is 8.48. The maximum Gasteiger partial charge on any atom is 0.0159 e. The first-order chi connectivity index (χ1) is 38.0. The zero-order valence-electron chi connectivity index (χ0n) is 47.0. The van der Waals surface area contributed by atoms with Crippen molar-refractivity contribution in [2.24, 2.45) is 0 Å². The maximum absolute atomic E-state index is 2.63. The molecule has 0 N–H and O–H groups in total. The molecule has 0 spiro atoms. The third-order valence-corrected chi connectivity index (χ3v) is 21.0. The van der Waals surface area contributed by atoms with E-state index in [4.69, 9.17) is 0 Å². The van der Waals surface area contributed by atoms with E-state index in [1.165, 1.54) is 177 Å². The van der Waals surface area contributed by atoms with E-state index in [1.54, 1.807) is 0 Å². The van der Waals surface area contributed by atoms with Crippen molar-refractivity contribution in [1.29, 1.82) is 0 Å². The Morgan fingerprint density at radius 1 is 0.177 bits per heavy atom. The summed E-state index contributed by atoms with van der Waals surface area (Å²) in [5, 5.41) is 10.5. The molecule has 0 radical (unpaired) electrons. The van der Waals surface area contributed by atoms with Crippen LogP contribution in [0.15, 0.2) is 194 Å². The van der Waals surface area contributed by atoms with E-state index in [-0.39, 0.29) is 27.1 Å². The molecule has 12 aromatic rings. The van der Waals surface area contributed by atoms with Gasteiger partial charge in [-0.15, -0.1) is 0 Å². The predicted octanol–water partition coefficient (Wildman–Crippen LogP) is 21.2. The van der Waals surface area contributed by atoms with Gasteiger partial charge in [-0.3, -0.25) is 0 Å². The molecule has 0 saturated heterocycles. The van der Waals surface area contributed by atoms with E-state index < -0.39 is 0 Å². The molecule has 17 rings (SSSR count). The molecule has 0 atom stereocenters. The smallest absolute Gasteiger partial charge is 0.0159 e. The molecule has 5 aliphatic carbocycles. The van der Waals surface area contributed by atoms with Gasteiger partial charge in [-0.1, -0.05) is 203 Å². The minimum atomic E-state index is -0.237. The van der Waals surface area contributed by atoms with Crippen molar-refractivity contribution in [3.63, 3.8) is 0 Å². The molecule has 12 aromatic carbocycles. The second-order valence-corrected chi connectivity index (χ2v) is 26.7. The van der Waals surface area contributed by atoms with E-state index in [9.17, 15) is 0 Å². The van der Waals surface area contributed by atoms with Gasteiger partial charge in [-0.25, -0.2) is 0 Å². The van der Waals surface area contributed by atoms with Crippen molar-refractivity contribution in [1.82, 2.24) is 0 Å². The second-order valence-electron chi connectivity index (χ2n) is 26.7. The summed E-state index contributed by atoms with van der Waals surface area (Å²) in [5.74, 6) is 0. The summed E-state index contributed by atoms with van der Waals surface area (Å²) >= 11 is 0. The van der Waals surface area contributed by atoms with Crippen molar-refractivity contribution < 1.29 is 0 Å². The Hall–Kier alpha value is -8.32. The second kappa shape index (κ2) is 14.7. The fourth-order valence-electron chi connectivity index (χ4n) is 16.7. The van der Waals surface area contributed by atoms with Gasteiger partial charge < -0.3 is 0 Å². The fraction of sp³-hybridized carbons (Fsp3) is 0.190. The summed E-state index contributed by atoms with van der Waals surface area (Å²) in [6, 6.07) is 76.0. The normalized spacial score (nSPS) is 17.0. The van der Waals surface area contributed by atoms with Crippen LogP contribution < -0.4 is 0 Å². The van der Waals surface area contributed by atoms with E-state index in [0.717, 1.165) is 0 Å². The van der Waals surface area contributed by atoms with E-state index >= 15 is 0 Å². The van der Waals surface area contributed by atoms with Crippen LogP contribution in [0.2, 0.25) is 0 Å². The molecule has 79 heavy (non-hydrogen) atoms.